The summed E-state index contributed by atoms with van der Waals surface area (Å²) in [6.07, 6.45) is 79.5. The van der Waals surface area contributed by atoms with Crippen LogP contribution in [0.4, 0.5) is 0 Å². The molecule has 0 aliphatic heterocycles. The van der Waals surface area contributed by atoms with Crippen molar-refractivity contribution in [2.24, 2.45) is 0 Å². The lowest BCUT2D eigenvalue weighted by Crippen LogP contribution is -2.30. The third kappa shape index (κ3) is 74.3. The number of carbonyl (C=O) groups is 4. The van der Waals surface area contributed by atoms with E-state index in [9.17, 15) is 43.2 Å². The normalized spacial score (nSPS) is 14.4. The molecule has 0 saturated heterocycles. The molecular weight excluding hydrogens is 1330 g/mol. The van der Waals surface area contributed by atoms with Crippen molar-refractivity contribution in [3.63, 3.8) is 0 Å². The van der Waals surface area contributed by atoms with Gasteiger partial charge in [-0.1, -0.05) is 298 Å². The molecule has 0 spiro atoms. The molecular formula is C83H146O17P2. The minimum atomic E-state index is -4.98. The highest BCUT2D eigenvalue weighted by Gasteiger charge is 2.30. The van der Waals surface area contributed by atoms with E-state index < -0.39 is 97.5 Å². The summed E-state index contributed by atoms with van der Waals surface area (Å²) < 4.78 is 68.6. The molecule has 0 fully saturated rings. The van der Waals surface area contributed by atoms with E-state index in [1.54, 1.807) is 0 Å². The molecule has 3 N–H and O–H groups in total. The summed E-state index contributed by atoms with van der Waals surface area (Å²) in [5.74, 6) is -2.19. The van der Waals surface area contributed by atoms with E-state index in [-0.39, 0.29) is 25.7 Å². The van der Waals surface area contributed by atoms with Crippen LogP contribution in [-0.4, -0.2) is 96.7 Å². The molecule has 0 rings (SSSR count). The molecule has 19 heteroatoms. The van der Waals surface area contributed by atoms with Crippen molar-refractivity contribution in [2.75, 3.05) is 39.6 Å². The molecule has 0 aliphatic carbocycles. The van der Waals surface area contributed by atoms with Gasteiger partial charge in [0, 0.05) is 25.7 Å². The third-order valence-electron chi connectivity index (χ3n) is 17.0. The number of carbonyl (C=O) groups excluding carboxylic acids is 4. The minimum absolute atomic E-state index is 0.0803. The van der Waals surface area contributed by atoms with Gasteiger partial charge in [-0.05, 0) is 122 Å². The summed E-state index contributed by atoms with van der Waals surface area (Å²) in [5.41, 5.74) is 0. The maximum atomic E-state index is 13.1. The molecule has 17 nitrogen and oxygen atoms in total. The van der Waals surface area contributed by atoms with Crippen LogP contribution in [0.1, 0.15) is 349 Å². The first-order valence-corrected chi connectivity index (χ1v) is 43.5. The van der Waals surface area contributed by atoms with E-state index in [4.69, 9.17) is 37.0 Å². The molecule has 0 aliphatic rings. The molecule has 0 aromatic carbocycles. The van der Waals surface area contributed by atoms with Gasteiger partial charge in [0.2, 0.25) is 0 Å². The van der Waals surface area contributed by atoms with Crippen molar-refractivity contribution in [3.8, 4) is 0 Å². The first-order chi connectivity index (χ1) is 49.7. The van der Waals surface area contributed by atoms with Gasteiger partial charge in [0.1, 0.15) is 19.3 Å². The molecule has 0 aromatic rings. The molecule has 5 unspecified atom stereocenters. The maximum Gasteiger partial charge on any atom is 0.472 e. The Morgan fingerprint density at radius 1 is 0.284 bits per heavy atom. The van der Waals surface area contributed by atoms with Gasteiger partial charge in [-0.3, -0.25) is 37.3 Å². The van der Waals surface area contributed by atoms with E-state index in [0.717, 1.165) is 193 Å². The largest absolute Gasteiger partial charge is 0.472 e. The zero-order valence-electron chi connectivity index (χ0n) is 64.5. The Bertz CT molecular complexity index is 2310. The summed E-state index contributed by atoms with van der Waals surface area (Å²) in [6, 6.07) is 0. The quantitative estimate of drug-likeness (QED) is 0.0169. The van der Waals surface area contributed by atoms with Gasteiger partial charge in [-0.15, -0.1) is 0 Å². The van der Waals surface area contributed by atoms with Gasteiger partial charge >= 0.3 is 39.5 Å². The number of aliphatic hydroxyl groups is 1. The predicted molar refractivity (Wildman–Crippen MR) is 418 cm³/mol. The van der Waals surface area contributed by atoms with Gasteiger partial charge in [-0.25, -0.2) is 9.13 Å². The molecule has 0 bridgehead atoms. The van der Waals surface area contributed by atoms with Crippen molar-refractivity contribution >= 4 is 39.5 Å². The van der Waals surface area contributed by atoms with E-state index in [1.165, 1.54) is 77.0 Å². The van der Waals surface area contributed by atoms with Gasteiger partial charge in [0.25, 0.3) is 0 Å². The Morgan fingerprint density at radius 2 is 0.510 bits per heavy atom. The number of unbranched alkanes of at least 4 members (excludes halogenated alkanes) is 34. The number of esters is 4. The Labute approximate surface area is 620 Å². The van der Waals surface area contributed by atoms with Crippen LogP contribution in [0.2, 0.25) is 0 Å². The Morgan fingerprint density at radius 3 is 0.794 bits per heavy atom. The zero-order chi connectivity index (χ0) is 74.6. The molecule has 0 aromatic heterocycles. The van der Waals surface area contributed by atoms with Crippen molar-refractivity contribution in [1.29, 1.82) is 0 Å². The van der Waals surface area contributed by atoms with Gasteiger partial charge in [0.05, 0.1) is 26.4 Å². The molecule has 0 saturated carbocycles. The number of ether oxygens (including phenoxy) is 4. The number of hydrogen-bond donors (Lipinski definition) is 3. The zero-order valence-corrected chi connectivity index (χ0v) is 66.3. The average molecular weight is 1480 g/mol. The highest BCUT2D eigenvalue weighted by atomic mass is 31.2. The van der Waals surface area contributed by atoms with Crippen LogP contribution in [0.15, 0.2) is 97.2 Å². The fourth-order valence-electron chi connectivity index (χ4n) is 10.9. The number of phosphoric acid groups is 2. The number of phosphoric ester groups is 2. The Hall–Kier alpha value is -4.02. The smallest absolute Gasteiger partial charge is 0.462 e. The first-order valence-electron chi connectivity index (χ1n) is 40.5. The topological polar surface area (TPSA) is 237 Å². The standard InChI is InChI=1S/C83H146O17P2/c1-5-9-13-17-21-25-29-32-35-37-38-40-42-45-49-52-56-60-64-68-81(86)94-74-79(100-83(88)70-66-62-58-54-50-46-43-39-36-33-30-26-22-18-14-10-6-2)76-98-102(91,92)96-72-77(84)71-95-101(89,90)97-75-78(99-82(87)69-65-61-57-53-47-28-24-20-16-12-8-4)73-93-80(85)67-63-59-55-51-48-44-41-34-31-27-23-19-15-11-7-3/h9-10,13-14,21-22,25-26,32-36,38,40-41,77-79,84H,5-8,11-12,15-20,23-24,27-31,37,39,42-76H2,1-4H3,(H,89,90)(H,91,92)/b13-9-,14-10-,25-21-,26-22-,35-32-,36-33-,40-38-,41-34-. The third-order valence-corrected chi connectivity index (χ3v) is 18.9. The van der Waals surface area contributed by atoms with Gasteiger partial charge in [0.15, 0.2) is 12.2 Å². The van der Waals surface area contributed by atoms with E-state index in [1.807, 2.05) is 0 Å². The number of aliphatic hydroxyl groups excluding tert-OH is 1. The second-order valence-corrected chi connectivity index (χ2v) is 29.9. The SMILES string of the molecule is CC/C=C\C/C=C\C/C=C\C/C=C\CCCCCCCCC(=O)OCC(COP(=O)(O)OCC(O)COP(=O)(O)OCC(COC(=O)CCCCCCC/C=C\CCCCCCCC)OC(=O)CCCCCCCCCCCCC)OC(=O)CCCCCCCCC/C=C\C/C=C\C/C=C\CC. The second kappa shape index (κ2) is 75.2. The summed E-state index contributed by atoms with van der Waals surface area (Å²) >= 11 is 0. The first kappa shape index (κ1) is 98.0. The van der Waals surface area contributed by atoms with Crippen molar-refractivity contribution < 1.29 is 80.2 Å². The second-order valence-electron chi connectivity index (χ2n) is 27.0. The Balaban J connectivity index is 5.34. The van der Waals surface area contributed by atoms with Crippen molar-refractivity contribution in [1.82, 2.24) is 0 Å². The Kier molecular flexibility index (Phi) is 72.3. The number of hydrogen-bond acceptors (Lipinski definition) is 15. The molecule has 102 heavy (non-hydrogen) atoms. The maximum absolute atomic E-state index is 13.1. The van der Waals surface area contributed by atoms with E-state index >= 15 is 0 Å². The van der Waals surface area contributed by atoms with Gasteiger partial charge in [-0.2, -0.15) is 0 Å². The lowest BCUT2D eigenvalue weighted by molar-refractivity contribution is -0.161. The predicted octanol–water partition coefficient (Wildman–Crippen LogP) is 23.6. The van der Waals surface area contributed by atoms with Crippen LogP contribution >= 0.6 is 15.6 Å². The van der Waals surface area contributed by atoms with Crippen LogP contribution < -0.4 is 0 Å². The summed E-state index contributed by atoms with van der Waals surface area (Å²) in [7, 11) is -9.95. The fraction of sp³-hybridized carbons (Fsp3) is 0.759. The van der Waals surface area contributed by atoms with Crippen LogP contribution in [0.3, 0.4) is 0 Å². The fourth-order valence-corrected chi connectivity index (χ4v) is 12.5. The highest BCUT2D eigenvalue weighted by molar-refractivity contribution is 7.47. The monoisotopic (exact) mass is 1480 g/mol. The number of allylic oxidation sites excluding steroid dienone is 16. The molecule has 5 atom stereocenters. The molecule has 0 radical (unpaired) electrons. The average Bonchev–Trinajstić information content (AvgIpc) is 0.921. The lowest BCUT2D eigenvalue weighted by Gasteiger charge is -2.21. The lowest BCUT2D eigenvalue weighted by atomic mass is 10.1. The number of rotatable bonds is 76. The van der Waals surface area contributed by atoms with Crippen LogP contribution in [0.25, 0.3) is 0 Å². The van der Waals surface area contributed by atoms with E-state index in [2.05, 4.69) is 125 Å². The summed E-state index contributed by atoms with van der Waals surface area (Å²) in [4.78, 5) is 73.0. The van der Waals surface area contributed by atoms with Gasteiger partial charge < -0.3 is 33.8 Å². The summed E-state index contributed by atoms with van der Waals surface area (Å²) in [5, 5.41) is 10.6. The minimum Gasteiger partial charge on any atom is -0.462 e. The molecule has 590 valence electrons. The molecule has 0 heterocycles. The highest BCUT2D eigenvalue weighted by Crippen LogP contribution is 2.45. The van der Waals surface area contributed by atoms with Crippen LogP contribution in [0.5, 0.6) is 0 Å². The van der Waals surface area contributed by atoms with Crippen molar-refractivity contribution in [2.45, 2.75) is 367 Å². The van der Waals surface area contributed by atoms with Crippen molar-refractivity contribution in [3.05, 3.63) is 97.2 Å². The molecule has 0 amide bonds. The van der Waals surface area contributed by atoms with E-state index in [0.29, 0.717) is 25.7 Å². The van der Waals surface area contributed by atoms with Crippen LogP contribution in [0, 0.1) is 0 Å². The summed E-state index contributed by atoms with van der Waals surface area (Å²) in [6.45, 7) is 4.65. The van der Waals surface area contributed by atoms with Crippen LogP contribution in [-0.2, 0) is 65.4 Å².